The molecule has 0 saturated carbocycles. The van der Waals surface area contributed by atoms with E-state index in [2.05, 4.69) is 32.0 Å². The largest absolute Gasteiger partial charge is 0.497 e. The highest BCUT2D eigenvalue weighted by Gasteiger charge is 2.27. The second-order valence-corrected chi connectivity index (χ2v) is 9.21. The number of fused-ring (bicyclic) bond motifs is 1. The van der Waals surface area contributed by atoms with Crippen molar-refractivity contribution in [3.63, 3.8) is 0 Å². The zero-order valence-electron chi connectivity index (χ0n) is 22.7. The minimum Gasteiger partial charge on any atom is -0.497 e. The number of nitrogens with zero attached hydrogens (tertiary/aromatic N) is 4. The first-order chi connectivity index (χ1) is 20.4. The Morgan fingerprint density at radius 1 is 1.17 bits per heavy atom. The molecule has 0 radical (unpaired) electrons. The minimum atomic E-state index is -0.594. The lowest BCUT2D eigenvalue weighted by atomic mass is 10.0. The van der Waals surface area contributed by atoms with Gasteiger partial charge in [-0.1, -0.05) is 12.1 Å². The van der Waals surface area contributed by atoms with Gasteiger partial charge in [-0.05, 0) is 36.4 Å². The Morgan fingerprint density at radius 2 is 2.02 bits per heavy atom. The topological polar surface area (TPSA) is 156 Å². The predicted octanol–water partition coefficient (Wildman–Crippen LogP) is 5.70. The third kappa shape index (κ3) is 5.92. The molecule has 4 aromatic rings. The zero-order chi connectivity index (χ0) is 29.6. The van der Waals surface area contributed by atoms with Crippen molar-refractivity contribution in [1.82, 2.24) is 9.97 Å². The highest BCUT2D eigenvalue weighted by molar-refractivity contribution is 5.75. The van der Waals surface area contributed by atoms with Crippen LogP contribution in [0.5, 0.6) is 17.2 Å². The number of aromatic nitrogens is 2. The zero-order valence-corrected chi connectivity index (χ0v) is 22.7. The molecule has 1 aromatic heterocycles. The average Bonchev–Trinajstić information content (AvgIpc) is 3.00. The third-order valence-electron chi connectivity index (χ3n) is 6.66. The standard InChI is InChI=1S/C29H26FN7O5/c1-40-19-8-7-18(26(13-19)41-2)15-32-23-9-6-17(14-31)12-24(23)35-29-33-16-25(37(38)39)28(36-29)34-22-10-11-42-27-20(22)4-3-5-21(27)30/h3-9,12-13,16,22,32H,10-11,15H2,1-2H3,(H2,33,34,35,36). The average molecular weight is 572 g/mol. The van der Waals surface area contributed by atoms with Crippen LogP contribution in [0.25, 0.3) is 0 Å². The van der Waals surface area contributed by atoms with Crippen molar-refractivity contribution in [2.45, 2.75) is 19.0 Å². The number of methoxy groups -OCH3 is 2. The Morgan fingerprint density at radius 3 is 2.79 bits per heavy atom. The number of rotatable bonds is 10. The van der Waals surface area contributed by atoms with Crippen LogP contribution in [-0.2, 0) is 6.54 Å². The van der Waals surface area contributed by atoms with Gasteiger partial charge >= 0.3 is 5.69 Å². The van der Waals surface area contributed by atoms with Crippen molar-refractivity contribution in [3.8, 4) is 23.3 Å². The maximum atomic E-state index is 14.3. The summed E-state index contributed by atoms with van der Waals surface area (Å²) in [7, 11) is 3.14. The summed E-state index contributed by atoms with van der Waals surface area (Å²) in [4.78, 5) is 19.7. The van der Waals surface area contributed by atoms with Crippen LogP contribution in [-0.4, -0.2) is 35.7 Å². The molecular formula is C29H26FN7O5. The summed E-state index contributed by atoms with van der Waals surface area (Å²) in [5.74, 6) is 0.889. The van der Waals surface area contributed by atoms with Gasteiger partial charge in [0.1, 0.15) is 17.7 Å². The first kappa shape index (κ1) is 27.9. The Bertz CT molecular complexity index is 1680. The summed E-state index contributed by atoms with van der Waals surface area (Å²) in [6, 6.07) is 16.6. The molecule has 1 unspecified atom stereocenters. The summed E-state index contributed by atoms with van der Waals surface area (Å²) in [6.07, 6.45) is 1.53. The third-order valence-corrected chi connectivity index (χ3v) is 6.66. The van der Waals surface area contributed by atoms with Crippen molar-refractivity contribution >= 4 is 28.8 Å². The first-order valence-corrected chi connectivity index (χ1v) is 12.8. The van der Waals surface area contributed by atoms with E-state index in [1.54, 1.807) is 50.6 Å². The second-order valence-electron chi connectivity index (χ2n) is 9.21. The Hall–Kier alpha value is -5.64. The molecule has 3 aromatic carbocycles. The van der Waals surface area contributed by atoms with Gasteiger partial charge in [0, 0.05) is 30.2 Å². The van der Waals surface area contributed by atoms with Gasteiger partial charge in [-0.3, -0.25) is 10.1 Å². The Labute approximate surface area is 240 Å². The predicted molar refractivity (Wildman–Crippen MR) is 153 cm³/mol. The molecule has 0 bridgehead atoms. The molecule has 0 fully saturated rings. The molecule has 1 aliphatic heterocycles. The van der Waals surface area contributed by atoms with Gasteiger partial charge in [-0.2, -0.15) is 10.2 Å². The van der Waals surface area contributed by atoms with E-state index in [0.717, 1.165) is 11.8 Å². The molecule has 1 aliphatic rings. The Kier molecular flexibility index (Phi) is 8.14. The molecule has 0 amide bonds. The number of hydrogen-bond acceptors (Lipinski definition) is 11. The number of benzene rings is 3. The molecule has 12 nitrogen and oxygen atoms in total. The summed E-state index contributed by atoms with van der Waals surface area (Å²) in [6.45, 7) is 0.603. The van der Waals surface area contributed by atoms with Gasteiger partial charge in [0.15, 0.2) is 11.6 Å². The number of nitro groups is 1. The highest BCUT2D eigenvalue weighted by Crippen LogP contribution is 2.38. The first-order valence-electron chi connectivity index (χ1n) is 12.8. The van der Waals surface area contributed by atoms with Gasteiger partial charge in [0.2, 0.25) is 11.8 Å². The smallest absolute Gasteiger partial charge is 0.329 e. The molecule has 0 spiro atoms. The lowest BCUT2D eigenvalue weighted by Crippen LogP contribution is -2.22. The molecule has 1 atom stereocenters. The van der Waals surface area contributed by atoms with Crippen LogP contribution in [0.3, 0.4) is 0 Å². The number of nitrogens with one attached hydrogen (secondary N) is 3. The fraction of sp³-hybridized carbons (Fsp3) is 0.207. The molecule has 0 aliphatic carbocycles. The quantitative estimate of drug-likeness (QED) is 0.158. The summed E-state index contributed by atoms with van der Waals surface area (Å²) in [5, 5.41) is 30.7. The fourth-order valence-corrected chi connectivity index (χ4v) is 4.56. The molecule has 5 rings (SSSR count). The van der Waals surface area contributed by atoms with Gasteiger partial charge in [-0.25, -0.2) is 9.37 Å². The molecule has 2 heterocycles. The highest BCUT2D eigenvalue weighted by atomic mass is 19.1. The monoisotopic (exact) mass is 571 g/mol. The van der Waals surface area contributed by atoms with Crippen LogP contribution in [0.15, 0.2) is 60.8 Å². The maximum Gasteiger partial charge on any atom is 0.329 e. The van der Waals surface area contributed by atoms with E-state index < -0.39 is 16.8 Å². The number of nitriles is 1. The van der Waals surface area contributed by atoms with Crippen LogP contribution >= 0.6 is 0 Å². The minimum absolute atomic E-state index is 0.0477. The Balaban J connectivity index is 1.43. The van der Waals surface area contributed by atoms with Crippen molar-refractivity contribution < 1.29 is 23.5 Å². The summed E-state index contributed by atoms with van der Waals surface area (Å²) < 4.78 is 30.5. The van der Waals surface area contributed by atoms with Gasteiger partial charge in [0.05, 0.1) is 54.8 Å². The van der Waals surface area contributed by atoms with Gasteiger partial charge in [-0.15, -0.1) is 0 Å². The molecule has 214 valence electrons. The van der Waals surface area contributed by atoms with Crippen LogP contribution < -0.4 is 30.2 Å². The number of anilines is 4. The lowest BCUT2D eigenvalue weighted by Gasteiger charge is -2.27. The molecule has 42 heavy (non-hydrogen) atoms. The maximum absolute atomic E-state index is 14.3. The van der Waals surface area contributed by atoms with Crippen LogP contribution in [0.1, 0.15) is 29.2 Å². The summed E-state index contributed by atoms with van der Waals surface area (Å²) in [5.41, 5.74) is 2.52. The summed E-state index contributed by atoms with van der Waals surface area (Å²) >= 11 is 0. The number of hydrogen-bond donors (Lipinski definition) is 3. The molecule has 13 heteroatoms. The number of ether oxygens (including phenoxy) is 3. The van der Waals surface area contributed by atoms with E-state index in [1.165, 1.54) is 6.07 Å². The number of para-hydroxylation sites is 1. The van der Waals surface area contributed by atoms with Crippen LogP contribution in [0.4, 0.5) is 33.2 Å². The van der Waals surface area contributed by atoms with E-state index in [9.17, 15) is 19.8 Å². The van der Waals surface area contributed by atoms with Crippen molar-refractivity contribution in [2.75, 3.05) is 36.8 Å². The van der Waals surface area contributed by atoms with E-state index >= 15 is 0 Å². The van der Waals surface area contributed by atoms with Crippen LogP contribution in [0.2, 0.25) is 0 Å². The van der Waals surface area contributed by atoms with E-state index in [1.807, 2.05) is 12.1 Å². The normalized spacial score (nSPS) is 13.6. The van der Waals surface area contributed by atoms with Crippen molar-refractivity contribution in [2.24, 2.45) is 0 Å². The molecule has 3 N–H and O–H groups in total. The van der Waals surface area contributed by atoms with Gasteiger partial charge in [0.25, 0.3) is 0 Å². The van der Waals surface area contributed by atoms with Crippen molar-refractivity contribution in [1.29, 1.82) is 5.26 Å². The fourth-order valence-electron chi connectivity index (χ4n) is 4.56. The van der Waals surface area contributed by atoms with E-state index in [-0.39, 0.29) is 29.8 Å². The lowest BCUT2D eigenvalue weighted by molar-refractivity contribution is -0.384. The van der Waals surface area contributed by atoms with E-state index in [4.69, 9.17) is 14.2 Å². The van der Waals surface area contributed by atoms with E-state index in [0.29, 0.717) is 47.0 Å². The SMILES string of the molecule is COc1ccc(CNc2ccc(C#N)cc2Nc2ncc([N+](=O)[O-])c(NC3CCOc4c(F)cccc43)n2)c(OC)c1. The number of halogens is 1. The van der Waals surface area contributed by atoms with Crippen molar-refractivity contribution in [3.05, 3.63) is 93.4 Å². The van der Waals surface area contributed by atoms with Crippen LogP contribution in [0, 0.1) is 27.3 Å². The molecular weight excluding hydrogens is 545 g/mol. The second kappa shape index (κ2) is 12.3. The molecule has 0 saturated heterocycles. The van der Waals surface area contributed by atoms with Gasteiger partial charge < -0.3 is 30.2 Å².